The van der Waals surface area contributed by atoms with Crippen LogP contribution in [0.25, 0.3) is 10.6 Å². The van der Waals surface area contributed by atoms with Crippen LogP contribution >= 0.6 is 27.3 Å². The van der Waals surface area contributed by atoms with Crippen LogP contribution in [-0.2, 0) is 6.42 Å². The maximum Gasteiger partial charge on any atom is 0.129 e. The molecule has 1 aromatic carbocycles. The monoisotopic (exact) mass is 338 g/mol. The lowest BCUT2D eigenvalue weighted by Crippen LogP contribution is -1.89. The number of halogens is 1. The molecule has 0 spiro atoms. The van der Waals surface area contributed by atoms with Gasteiger partial charge >= 0.3 is 0 Å². The minimum absolute atomic E-state index is 0.338. The van der Waals surface area contributed by atoms with Gasteiger partial charge in [-0.3, -0.25) is 0 Å². The number of rotatable bonds is 4. The van der Waals surface area contributed by atoms with Crippen LogP contribution in [-0.4, -0.2) is 19.2 Å². The van der Waals surface area contributed by atoms with Gasteiger partial charge in [0.05, 0.1) is 37.2 Å². The molecule has 0 bridgehead atoms. The molecule has 1 aromatic heterocycles. The van der Waals surface area contributed by atoms with Crippen molar-refractivity contribution in [3.05, 3.63) is 27.7 Å². The Kier molecular flexibility index (Phi) is 4.40. The SMILES string of the molecule is COc1ccc(OC)c(-c2nc(Br)c(CC#N)s2)c1. The molecule has 4 nitrogen and oxygen atoms in total. The third kappa shape index (κ3) is 2.88. The van der Waals surface area contributed by atoms with Gasteiger partial charge in [0.2, 0.25) is 0 Å². The van der Waals surface area contributed by atoms with Crippen LogP contribution < -0.4 is 9.47 Å². The maximum atomic E-state index is 8.77. The Bertz CT molecular complexity index is 634. The Hall–Kier alpha value is -1.58. The first kappa shape index (κ1) is 13.8. The van der Waals surface area contributed by atoms with Gasteiger partial charge in [-0.25, -0.2) is 4.98 Å². The standard InChI is InChI=1S/C13H11BrN2O2S/c1-17-8-3-4-10(18-2)9(7-8)13-16-12(14)11(19-13)5-6-15/h3-4,7H,5H2,1-2H3. The highest BCUT2D eigenvalue weighted by Gasteiger charge is 2.15. The molecule has 6 heteroatoms. The topological polar surface area (TPSA) is 55.1 Å². The lowest BCUT2D eigenvalue weighted by Gasteiger charge is -2.07. The summed E-state index contributed by atoms with van der Waals surface area (Å²) >= 11 is 4.84. The fraction of sp³-hybridized carbons (Fsp3) is 0.231. The highest BCUT2D eigenvalue weighted by atomic mass is 79.9. The van der Waals surface area contributed by atoms with Crippen LogP contribution in [0.15, 0.2) is 22.8 Å². The van der Waals surface area contributed by atoms with Gasteiger partial charge < -0.3 is 9.47 Å². The summed E-state index contributed by atoms with van der Waals surface area (Å²) in [7, 11) is 3.23. The third-order valence-electron chi connectivity index (χ3n) is 2.53. The Morgan fingerprint density at radius 2 is 2.16 bits per heavy atom. The fourth-order valence-corrected chi connectivity index (χ4v) is 3.19. The number of hydrogen-bond donors (Lipinski definition) is 0. The predicted molar refractivity (Wildman–Crippen MR) is 77.7 cm³/mol. The minimum atomic E-state index is 0.338. The van der Waals surface area contributed by atoms with Crippen molar-refractivity contribution in [2.75, 3.05) is 14.2 Å². The van der Waals surface area contributed by atoms with E-state index >= 15 is 0 Å². The van der Waals surface area contributed by atoms with Gasteiger partial charge in [0.25, 0.3) is 0 Å². The van der Waals surface area contributed by atoms with Crippen molar-refractivity contribution in [1.29, 1.82) is 5.26 Å². The minimum Gasteiger partial charge on any atom is -0.497 e. The molecule has 0 radical (unpaired) electrons. The van der Waals surface area contributed by atoms with E-state index in [2.05, 4.69) is 27.0 Å². The van der Waals surface area contributed by atoms with Crippen LogP contribution in [0, 0.1) is 11.3 Å². The lowest BCUT2D eigenvalue weighted by atomic mass is 10.2. The largest absolute Gasteiger partial charge is 0.497 e. The Morgan fingerprint density at radius 1 is 1.37 bits per heavy atom. The van der Waals surface area contributed by atoms with E-state index in [9.17, 15) is 0 Å². The average Bonchev–Trinajstić information content (AvgIpc) is 2.80. The van der Waals surface area contributed by atoms with Gasteiger partial charge in [0, 0.05) is 0 Å². The second-order valence-corrected chi connectivity index (χ2v) is 5.47. The van der Waals surface area contributed by atoms with Gasteiger partial charge in [0.15, 0.2) is 0 Å². The van der Waals surface area contributed by atoms with Crippen molar-refractivity contribution < 1.29 is 9.47 Å². The molecule has 0 amide bonds. The molecule has 2 aromatic rings. The van der Waals surface area contributed by atoms with Gasteiger partial charge in [0.1, 0.15) is 21.1 Å². The van der Waals surface area contributed by atoms with Crippen LogP contribution in [0.4, 0.5) is 0 Å². The van der Waals surface area contributed by atoms with E-state index in [4.69, 9.17) is 14.7 Å². The summed E-state index contributed by atoms with van der Waals surface area (Å²) in [5.74, 6) is 1.47. The highest BCUT2D eigenvalue weighted by Crippen LogP contribution is 2.38. The number of hydrogen-bond acceptors (Lipinski definition) is 5. The number of nitriles is 1. The Balaban J connectivity index is 2.51. The van der Waals surface area contributed by atoms with E-state index in [1.807, 2.05) is 18.2 Å². The normalized spacial score (nSPS) is 10.0. The van der Waals surface area contributed by atoms with Crippen LogP contribution in [0.5, 0.6) is 11.5 Å². The molecule has 0 aliphatic rings. The van der Waals surface area contributed by atoms with Crippen LogP contribution in [0.1, 0.15) is 4.88 Å². The molecule has 0 atom stereocenters. The molecule has 0 unspecified atom stereocenters. The van der Waals surface area contributed by atoms with E-state index in [1.54, 1.807) is 14.2 Å². The number of ether oxygens (including phenoxy) is 2. The average molecular weight is 339 g/mol. The van der Waals surface area contributed by atoms with Gasteiger partial charge in [-0.05, 0) is 34.1 Å². The summed E-state index contributed by atoms with van der Waals surface area (Å²) in [6, 6.07) is 7.68. The van der Waals surface area contributed by atoms with Crippen molar-refractivity contribution in [1.82, 2.24) is 4.98 Å². The molecule has 0 aliphatic heterocycles. The number of aromatic nitrogens is 1. The van der Waals surface area contributed by atoms with Gasteiger partial charge in [-0.15, -0.1) is 11.3 Å². The molecule has 0 saturated heterocycles. The molecule has 2 rings (SSSR count). The van der Waals surface area contributed by atoms with E-state index in [0.29, 0.717) is 11.0 Å². The smallest absolute Gasteiger partial charge is 0.129 e. The van der Waals surface area contributed by atoms with Gasteiger partial charge in [-0.2, -0.15) is 5.26 Å². The summed E-state index contributed by atoms with van der Waals surface area (Å²) in [5.41, 5.74) is 0.858. The number of thiazole rings is 1. The number of methoxy groups -OCH3 is 2. The van der Waals surface area contributed by atoms with Crippen molar-refractivity contribution in [2.45, 2.75) is 6.42 Å². The van der Waals surface area contributed by atoms with Gasteiger partial charge in [-0.1, -0.05) is 0 Å². The summed E-state index contributed by atoms with van der Waals surface area (Å²) in [5, 5.41) is 9.57. The van der Waals surface area contributed by atoms with Crippen molar-refractivity contribution in [3.8, 4) is 28.1 Å². The van der Waals surface area contributed by atoms with E-state index in [0.717, 1.165) is 26.9 Å². The van der Waals surface area contributed by atoms with Crippen LogP contribution in [0.2, 0.25) is 0 Å². The number of benzene rings is 1. The summed E-state index contributed by atoms with van der Waals surface area (Å²) in [6.45, 7) is 0. The molecule has 98 valence electrons. The zero-order valence-electron chi connectivity index (χ0n) is 10.4. The van der Waals surface area contributed by atoms with Crippen molar-refractivity contribution in [3.63, 3.8) is 0 Å². The molecule has 0 saturated carbocycles. The predicted octanol–water partition coefficient (Wildman–Crippen LogP) is 3.66. The third-order valence-corrected chi connectivity index (χ3v) is 4.53. The van der Waals surface area contributed by atoms with E-state index in [-0.39, 0.29) is 0 Å². The van der Waals surface area contributed by atoms with Crippen molar-refractivity contribution in [2.24, 2.45) is 0 Å². The Morgan fingerprint density at radius 3 is 2.79 bits per heavy atom. The highest BCUT2D eigenvalue weighted by molar-refractivity contribution is 9.10. The Labute approximate surface area is 123 Å². The first-order chi connectivity index (χ1) is 9.19. The molecule has 19 heavy (non-hydrogen) atoms. The molecule has 1 heterocycles. The van der Waals surface area contributed by atoms with E-state index in [1.165, 1.54) is 11.3 Å². The molecule has 0 aliphatic carbocycles. The fourth-order valence-electron chi connectivity index (χ4n) is 1.61. The maximum absolute atomic E-state index is 8.77. The molecule has 0 N–H and O–H groups in total. The lowest BCUT2D eigenvalue weighted by molar-refractivity contribution is 0.404. The van der Waals surface area contributed by atoms with E-state index < -0.39 is 0 Å². The zero-order chi connectivity index (χ0) is 13.8. The zero-order valence-corrected chi connectivity index (χ0v) is 12.8. The second-order valence-electron chi connectivity index (χ2n) is 3.63. The summed E-state index contributed by atoms with van der Waals surface area (Å²) < 4.78 is 11.3. The van der Waals surface area contributed by atoms with Crippen LogP contribution in [0.3, 0.4) is 0 Å². The first-order valence-corrected chi connectivity index (χ1v) is 7.05. The quantitative estimate of drug-likeness (QED) is 0.853. The molecular formula is C13H11BrN2O2S. The number of nitrogens with zero attached hydrogens (tertiary/aromatic N) is 2. The molecule has 0 fully saturated rings. The second kappa shape index (κ2) is 6.04. The van der Waals surface area contributed by atoms with Crippen molar-refractivity contribution >= 4 is 27.3 Å². The summed E-state index contributed by atoms with van der Waals surface area (Å²) in [4.78, 5) is 5.34. The molecular weight excluding hydrogens is 328 g/mol. The summed E-state index contributed by atoms with van der Waals surface area (Å²) in [6.07, 6.45) is 0.338. The first-order valence-electron chi connectivity index (χ1n) is 5.44.